The third-order valence-electron chi connectivity index (χ3n) is 1.82. The van der Waals surface area contributed by atoms with E-state index in [0.717, 1.165) is 11.4 Å². The minimum Gasteiger partial charge on any atom is -0.331 e. The van der Waals surface area contributed by atoms with E-state index in [9.17, 15) is 0 Å². The largest absolute Gasteiger partial charge is 0.331 e. The molecule has 0 saturated heterocycles. The molecule has 74 valence electrons. The summed E-state index contributed by atoms with van der Waals surface area (Å²) in [5.41, 5.74) is 1.78. The van der Waals surface area contributed by atoms with Crippen molar-refractivity contribution in [2.75, 3.05) is 0 Å². The molecule has 2 aromatic heterocycles. The van der Waals surface area contributed by atoms with E-state index in [1.165, 1.54) is 0 Å². The SMILES string of the molecule is Cn1cc(Cn2cnc(CCl)c2)nn1. The minimum atomic E-state index is 0.438. The number of hydrogen-bond acceptors (Lipinski definition) is 3. The van der Waals surface area contributed by atoms with Gasteiger partial charge in [-0.25, -0.2) is 4.98 Å². The molecule has 0 radical (unpaired) electrons. The number of hydrogen-bond donors (Lipinski definition) is 0. The smallest absolute Gasteiger partial charge is 0.102 e. The molecule has 6 heteroatoms. The van der Waals surface area contributed by atoms with Gasteiger partial charge in [-0.2, -0.15) is 0 Å². The first kappa shape index (κ1) is 9.21. The van der Waals surface area contributed by atoms with Crippen LogP contribution in [0.25, 0.3) is 0 Å². The van der Waals surface area contributed by atoms with Crippen molar-refractivity contribution in [3.8, 4) is 0 Å². The molecule has 5 nitrogen and oxygen atoms in total. The first-order valence-electron chi connectivity index (χ1n) is 4.20. The van der Waals surface area contributed by atoms with Crippen LogP contribution in [0.4, 0.5) is 0 Å². The van der Waals surface area contributed by atoms with Crippen LogP contribution in [0, 0.1) is 0 Å². The normalized spacial score (nSPS) is 10.7. The summed E-state index contributed by atoms with van der Waals surface area (Å²) in [5.74, 6) is 0.438. The van der Waals surface area contributed by atoms with E-state index in [1.807, 2.05) is 24.0 Å². The summed E-state index contributed by atoms with van der Waals surface area (Å²) in [4.78, 5) is 4.11. The van der Waals surface area contributed by atoms with E-state index in [4.69, 9.17) is 11.6 Å². The van der Waals surface area contributed by atoms with Crippen LogP contribution in [0.5, 0.6) is 0 Å². The van der Waals surface area contributed by atoms with E-state index >= 15 is 0 Å². The van der Waals surface area contributed by atoms with Crippen molar-refractivity contribution in [1.82, 2.24) is 24.5 Å². The fourth-order valence-electron chi connectivity index (χ4n) is 1.22. The average Bonchev–Trinajstić information content (AvgIpc) is 2.76. The van der Waals surface area contributed by atoms with E-state index in [-0.39, 0.29) is 0 Å². The summed E-state index contributed by atoms with van der Waals surface area (Å²) in [7, 11) is 1.84. The molecule has 0 aliphatic carbocycles. The third-order valence-corrected chi connectivity index (χ3v) is 2.09. The molecule has 2 rings (SSSR count). The highest BCUT2D eigenvalue weighted by Crippen LogP contribution is 2.02. The summed E-state index contributed by atoms with van der Waals surface area (Å²) in [5, 5.41) is 7.82. The maximum Gasteiger partial charge on any atom is 0.102 e. The van der Waals surface area contributed by atoms with Crippen LogP contribution >= 0.6 is 11.6 Å². The van der Waals surface area contributed by atoms with Crippen LogP contribution in [0.3, 0.4) is 0 Å². The molecule has 0 aliphatic heterocycles. The lowest BCUT2D eigenvalue weighted by molar-refractivity contribution is 0.709. The van der Waals surface area contributed by atoms with Gasteiger partial charge in [-0.05, 0) is 0 Å². The fourth-order valence-corrected chi connectivity index (χ4v) is 1.35. The number of aryl methyl sites for hydroxylation is 1. The number of nitrogens with zero attached hydrogens (tertiary/aromatic N) is 5. The van der Waals surface area contributed by atoms with Crippen LogP contribution in [-0.2, 0) is 19.5 Å². The lowest BCUT2D eigenvalue weighted by Crippen LogP contribution is -1.96. The fraction of sp³-hybridized carbons (Fsp3) is 0.375. The molecule has 0 N–H and O–H groups in total. The van der Waals surface area contributed by atoms with Crippen LogP contribution < -0.4 is 0 Å². The van der Waals surface area contributed by atoms with E-state index in [0.29, 0.717) is 12.4 Å². The Bertz CT molecular complexity index is 419. The van der Waals surface area contributed by atoms with Crippen molar-refractivity contribution >= 4 is 11.6 Å². The maximum atomic E-state index is 5.64. The molecule has 0 saturated carbocycles. The second kappa shape index (κ2) is 3.79. The molecule has 2 aromatic rings. The van der Waals surface area contributed by atoms with Gasteiger partial charge in [-0.3, -0.25) is 4.68 Å². The molecule has 14 heavy (non-hydrogen) atoms. The van der Waals surface area contributed by atoms with Crippen LogP contribution in [0.2, 0.25) is 0 Å². The highest BCUT2D eigenvalue weighted by Gasteiger charge is 2.01. The van der Waals surface area contributed by atoms with Gasteiger partial charge >= 0.3 is 0 Å². The molecular formula is C8H10ClN5. The number of alkyl halides is 1. The van der Waals surface area contributed by atoms with Crippen molar-refractivity contribution in [3.05, 3.63) is 30.1 Å². The Morgan fingerprint density at radius 3 is 2.79 bits per heavy atom. The molecule has 0 amide bonds. The molecule has 0 atom stereocenters. The summed E-state index contributed by atoms with van der Waals surface area (Å²) in [6.07, 6.45) is 5.52. The van der Waals surface area contributed by atoms with E-state index in [1.54, 1.807) is 11.0 Å². The molecule has 2 heterocycles. The Morgan fingerprint density at radius 1 is 1.36 bits per heavy atom. The van der Waals surface area contributed by atoms with Crippen molar-refractivity contribution in [2.45, 2.75) is 12.4 Å². The second-order valence-corrected chi connectivity index (χ2v) is 3.32. The monoisotopic (exact) mass is 211 g/mol. The van der Waals surface area contributed by atoms with Crippen LogP contribution in [-0.4, -0.2) is 24.5 Å². The van der Waals surface area contributed by atoms with Gasteiger partial charge in [0.15, 0.2) is 0 Å². The lowest BCUT2D eigenvalue weighted by atomic mass is 10.4. The first-order valence-corrected chi connectivity index (χ1v) is 4.73. The molecule has 0 fully saturated rings. The van der Waals surface area contributed by atoms with Gasteiger partial charge < -0.3 is 4.57 Å². The zero-order valence-electron chi connectivity index (χ0n) is 7.76. The summed E-state index contributed by atoms with van der Waals surface area (Å²) in [6, 6.07) is 0. The van der Waals surface area contributed by atoms with Crippen LogP contribution in [0.15, 0.2) is 18.7 Å². The molecule has 0 aliphatic rings. The van der Waals surface area contributed by atoms with Gasteiger partial charge in [-0.15, -0.1) is 16.7 Å². The number of imidazole rings is 1. The Hall–Kier alpha value is -1.36. The number of aromatic nitrogens is 5. The molecular weight excluding hydrogens is 202 g/mol. The standard InChI is InChI=1S/C8H10ClN5/c1-13-3-8(11-12-13)5-14-4-7(2-9)10-6-14/h3-4,6H,2,5H2,1H3. The molecule has 0 unspecified atom stereocenters. The molecule has 0 spiro atoms. The van der Waals surface area contributed by atoms with Gasteiger partial charge in [0.05, 0.1) is 24.4 Å². The third kappa shape index (κ3) is 1.93. The second-order valence-electron chi connectivity index (χ2n) is 3.05. The van der Waals surface area contributed by atoms with E-state index < -0.39 is 0 Å². The maximum absolute atomic E-state index is 5.64. The summed E-state index contributed by atoms with van der Waals surface area (Å²) in [6.45, 7) is 0.678. The predicted octanol–water partition coefficient (Wildman–Crippen LogP) is 0.799. The van der Waals surface area contributed by atoms with Crippen molar-refractivity contribution in [3.63, 3.8) is 0 Å². The quantitative estimate of drug-likeness (QED) is 0.706. The Kier molecular flexibility index (Phi) is 2.49. The van der Waals surface area contributed by atoms with Gasteiger partial charge in [0.25, 0.3) is 0 Å². The lowest BCUT2D eigenvalue weighted by Gasteiger charge is -1.95. The Morgan fingerprint density at radius 2 is 2.21 bits per heavy atom. The van der Waals surface area contributed by atoms with Gasteiger partial charge in [0.2, 0.25) is 0 Å². The van der Waals surface area contributed by atoms with E-state index in [2.05, 4.69) is 15.3 Å². The zero-order valence-corrected chi connectivity index (χ0v) is 8.52. The average molecular weight is 212 g/mol. The van der Waals surface area contributed by atoms with Gasteiger partial charge in [0.1, 0.15) is 5.69 Å². The summed E-state index contributed by atoms with van der Waals surface area (Å²) >= 11 is 5.64. The number of rotatable bonds is 3. The Balaban J connectivity index is 2.10. The summed E-state index contributed by atoms with van der Waals surface area (Å²) < 4.78 is 3.61. The predicted molar refractivity (Wildman–Crippen MR) is 51.9 cm³/mol. The topological polar surface area (TPSA) is 48.5 Å². The highest BCUT2D eigenvalue weighted by molar-refractivity contribution is 6.16. The number of halogens is 1. The van der Waals surface area contributed by atoms with Crippen LogP contribution in [0.1, 0.15) is 11.4 Å². The van der Waals surface area contributed by atoms with Gasteiger partial charge in [-0.1, -0.05) is 5.21 Å². The molecule has 0 bridgehead atoms. The minimum absolute atomic E-state index is 0.438. The first-order chi connectivity index (χ1) is 6.78. The Labute approximate surface area is 86.3 Å². The highest BCUT2D eigenvalue weighted by atomic mass is 35.5. The van der Waals surface area contributed by atoms with Gasteiger partial charge in [0, 0.05) is 19.4 Å². The molecule has 0 aromatic carbocycles. The zero-order chi connectivity index (χ0) is 9.97. The van der Waals surface area contributed by atoms with Crippen molar-refractivity contribution in [2.24, 2.45) is 7.05 Å². The van der Waals surface area contributed by atoms with Crippen molar-refractivity contribution in [1.29, 1.82) is 0 Å². The van der Waals surface area contributed by atoms with Crippen molar-refractivity contribution < 1.29 is 0 Å².